The van der Waals surface area contributed by atoms with Crippen molar-refractivity contribution in [2.24, 2.45) is 0 Å². The third kappa shape index (κ3) is 2.32. The van der Waals surface area contributed by atoms with Crippen LogP contribution in [0, 0.1) is 4.77 Å². The number of hydrogen-bond donors (Lipinski definition) is 2. The number of nitrogens with one attached hydrogen (secondary N) is 1. The van der Waals surface area contributed by atoms with Gasteiger partial charge in [0.2, 0.25) is 5.88 Å². The predicted octanol–water partition coefficient (Wildman–Crippen LogP) is 2.46. The maximum atomic E-state index is 11.6. The zero-order valence-corrected chi connectivity index (χ0v) is 11.4. The van der Waals surface area contributed by atoms with Gasteiger partial charge in [-0.3, -0.25) is 19.1 Å². The largest absolute Gasteiger partial charge is 0.493 e. The lowest BCUT2D eigenvalue weighted by molar-refractivity contribution is 0.101. The summed E-state index contributed by atoms with van der Waals surface area (Å²) in [6.45, 7) is 1.18. The van der Waals surface area contributed by atoms with E-state index in [2.05, 4.69) is 4.98 Å². The van der Waals surface area contributed by atoms with Crippen molar-refractivity contribution in [1.82, 2.24) is 9.55 Å². The molecule has 0 unspecified atom stereocenters. The van der Waals surface area contributed by atoms with Crippen LogP contribution in [-0.4, -0.2) is 20.4 Å². The normalized spacial score (nSPS) is 10.4. The topological polar surface area (TPSA) is 75.1 Å². The Morgan fingerprint density at radius 3 is 2.63 bits per heavy atom. The van der Waals surface area contributed by atoms with Crippen molar-refractivity contribution in [3.63, 3.8) is 0 Å². The molecule has 0 amide bonds. The van der Waals surface area contributed by atoms with Crippen molar-refractivity contribution < 1.29 is 9.90 Å². The highest BCUT2D eigenvalue weighted by atomic mass is 35.5. The van der Waals surface area contributed by atoms with E-state index in [9.17, 15) is 14.7 Å². The van der Waals surface area contributed by atoms with Crippen LogP contribution in [0.15, 0.2) is 29.1 Å². The van der Waals surface area contributed by atoms with Gasteiger partial charge in [-0.1, -0.05) is 23.7 Å². The second kappa shape index (κ2) is 4.99. The summed E-state index contributed by atoms with van der Waals surface area (Å²) in [5, 5.41) is 10.4. The van der Waals surface area contributed by atoms with E-state index in [1.54, 1.807) is 24.3 Å². The van der Waals surface area contributed by atoms with Crippen molar-refractivity contribution in [3.05, 3.63) is 50.0 Å². The Hall–Kier alpha value is -1.92. The lowest BCUT2D eigenvalue weighted by Crippen LogP contribution is -2.20. The number of benzene rings is 1. The first-order valence-electron chi connectivity index (χ1n) is 5.27. The van der Waals surface area contributed by atoms with E-state index in [4.69, 9.17) is 23.8 Å². The van der Waals surface area contributed by atoms with Crippen LogP contribution < -0.4 is 5.56 Å². The van der Waals surface area contributed by atoms with E-state index in [1.165, 1.54) is 6.92 Å². The monoisotopic (exact) mass is 296 g/mol. The molecule has 1 aromatic carbocycles. The van der Waals surface area contributed by atoms with Gasteiger partial charge in [0.1, 0.15) is 5.56 Å². The average molecular weight is 297 g/mol. The second-order valence-corrected chi connectivity index (χ2v) is 4.59. The highest BCUT2D eigenvalue weighted by Gasteiger charge is 2.18. The molecule has 98 valence electrons. The fourth-order valence-corrected chi connectivity index (χ4v) is 2.20. The Bertz CT molecular complexity index is 779. The Morgan fingerprint density at radius 2 is 2.05 bits per heavy atom. The molecule has 0 saturated heterocycles. The summed E-state index contributed by atoms with van der Waals surface area (Å²) in [6, 6.07) is 6.63. The van der Waals surface area contributed by atoms with E-state index in [0.29, 0.717) is 10.7 Å². The Kier molecular flexibility index (Phi) is 3.55. The summed E-state index contributed by atoms with van der Waals surface area (Å²) >= 11 is 11.0. The second-order valence-electron chi connectivity index (χ2n) is 3.80. The number of aromatic hydroxyl groups is 1. The minimum atomic E-state index is -0.724. The molecule has 1 heterocycles. The first-order chi connectivity index (χ1) is 8.93. The van der Waals surface area contributed by atoms with E-state index in [1.807, 2.05) is 0 Å². The van der Waals surface area contributed by atoms with Crippen LogP contribution in [0.4, 0.5) is 0 Å². The summed E-state index contributed by atoms with van der Waals surface area (Å²) in [5.74, 6) is -1.08. The van der Waals surface area contributed by atoms with Gasteiger partial charge in [-0.2, -0.15) is 0 Å². The third-order valence-electron chi connectivity index (χ3n) is 2.53. The average Bonchev–Trinajstić information content (AvgIpc) is 2.30. The first kappa shape index (κ1) is 13.5. The van der Waals surface area contributed by atoms with Gasteiger partial charge < -0.3 is 5.11 Å². The van der Waals surface area contributed by atoms with Crippen molar-refractivity contribution in [2.75, 3.05) is 0 Å². The van der Waals surface area contributed by atoms with Crippen molar-refractivity contribution in [2.45, 2.75) is 6.92 Å². The Balaban J connectivity index is 2.90. The number of hydrogen-bond acceptors (Lipinski definition) is 4. The number of Topliss-reactive ketones (excluding diaryl/α,β-unsaturated/α-hetero) is 1. The number of aromatic amines is 1. The highest BCUT2D eigenvalue weighted by Crippen LogP contribution is 2.25. The molecule has 0 saturated carbocycles. The molecule has 0 spiro atoms. The number of para-hydroxylation sites is 1. The lowest BCUT2D eigenvalue weighted by Gasteiger charge is -2.12. The zero-order valence-electron chi connectivity index (χ0n) is 9.81. The zero-order chi connectivity index (χ0) is 14.2. The smallest absolute Gasteiger partial charge is 0.266 e. The van der Waals surface area contributed by atoms with Gasteiger partial charge in [0.15, 0.2) is 10.6 Å². The van der Waals surface area contributed by atoms with Crippen LogP contribution in [0.2, 0.25) is 5.02 Å². The minimum Gasteiger partial charge on any atom is -0.493 e. The van der Waals surface area contributed by atoms with E-state index in [0.717, 1.165) is 4.57 Å². The Labute approximate surface area is 118 Å². The van der Waals surface area contributed by atoms with Crippen LogP contribution >= 0.6 is 23.8 Å². The van der Waals surface area contributed by atoms with Crippen LogP contribution in [0.5, 0.6) is 5.88 Å². The number of aromatic nitrogens is 2. The summed E-state index contributed by atoms with van der Waals surface area (Å²) in [4.78, 5) is 25.4. The van der Waals surface area contributed by atoms with E-state index in [-0.39, 0.29) is 10.3 Å². The number of rotatable bonds is 2. The van der Waals surface area contributed by atoms with Crippen molar-refractivity contribution >= 4 is 29.6 Å². The van der Waals surface area contributed by atoms with Crippen LogP contribution in [0.1, 0.15) is 17.3 Å². The quantitative estimate of drug-likeness (QED) is 0.659. The third-order valence-corrected chi connectivity index (χ3v) is 3.14. The summed E-state index contributed by atoms with van der Waals surface area (Å²) in [5.41, 5.74) is -0.697. The molecule has 0 aliphatic carbocycles. The lowest BCUT2D eigenvalue weighted by atomic mass is 10.2. The van der Waals surface area contributed by atoms with Crippen molar-refractivity contribution in [1.29, 1.82) is 0 Å². The van der Waals surface area contributed by atoms with Gasteiger partial charge >= 0.3 is 0 Å². The molecule has 0 aliphatic heterocycles. The molecule has 19 heavy (non-hydrogen) atoms. The fourth-order valence-electron chi connectivity index (χ4n) is 1.70. The number of carbonyl (C=O) groups is 1. The standard InChI is InChI=1S/C12H9ClN2O3S/c1-6(16)9-10(17)14-12(19)15(11(9)18)8-5-3-2-4-7(8)13/h2-5,18H,1H3,(H,14,17,19). The van der Waals surface area contributed by atoms with Gasteiger partial charge in [0, 0.05) is 0 Å². The van der Waals surface area contributed by atoms with Gasteiger partial charge in [-0.25, -0.2) is 0 Å². The molecular weight excluding hydrogens is 288 g/mol. The number of halogens is 1. The van der Waals surface area contributed by atoms with E-state index < -0.39 is 17.2 Å². The molecule has 0 radical (unpaired) electrons. The molecule has 0 fully saturated rings. The highest BCUT2D eigenvalue weighted by molar-refractivity contribution is 7.71. The Morgan fingerprint density at radius 1 is 1.42 bits per heavy atom. The number of ketones is 1. The maximum absolute atomic E-state index is 11.6. The van der Waals surface area contributed by atoms with Crippen molar-refractivity contribution in [3.8, 4) is 11.6 Å². The number of carbonyl (C=O) groups excluding carboxylic acids is 1. The van der Waals surface area contributed by atoms with E-state index >= 15 is 0 Å². The fraction of sp³-hybridized carbons (Fsp3) is 0.0833. The van der Waals surface area contributed by atoms with Gasteiger partial charge in [-0.05, 0) is 31.3 Å². The van der Waals surface area contributed by atoms with Crippen LogP contribution in [0.3, 0.4) is 0 Å². The molecule has 0 bridgehead atoms. The molecule has 0 atom stereocenters. The molecule has 2 N–H and O–H groups in total. The predicted molar refractivity (Wildman–Crippen MR) is 73.9 cm³/mol. The molecular formula is C12H9ClN2O3S. The van der Waals surface area contributed by atoms with Gasteiger partial charge in [-0.15, -0.1) is 0 Å². The number of H-pyrrole nitrogens is 1. The van der Waals surface area contributed by atoms with Crippen LogP contribution in [-0.2, 0) is 0 Å². The molecule has 5 nitrogen and oxygen atoms in total. The first-order valence-corrected chi connectivity index (χ1v) is 6.06. The molecule has 7 heteroatoms. The molecule has 1 aromatic heterocycles. The molecule has 0 aliphatic rings. The van der Waals surface area contributed by atoms with Gasteiger partial charge in [0.25, 0.3) is 5.56 Å². The SMILES string of the molecule is CC(=O)c1c(O)n(-c2ccccc2Cl)c(=S)[nH]c1=O. The summed E-state index contributed by atoms with van der Waals surface area (Å²) < 4.78 is 1.11. The number of nitrogens with zero attached hydrogens (tertiary/aromatic N) is 1. The van der Waals surface area contributed by atoms with Crippen LogP contribution in [0.25, 0.3) is 5.69 Å². The summed E-state index contributed by atoms with van der Waals surface area (Å²) in [7, 11) is 0. The molecule has 2 aromatic rings. The van der Waals surface area contributed by atoms with Gasteiger partial charge in [0.05, 0.1) is 10.7 Å². The minimum absolute atomic E-state index is 0.0411. The maximum Gasteiger partial charge on any atom is 0.266 e. The summed E-state index contributed by atoms with van der Waals surface area (Å²) in [6.07, 6.45) is 0. The molecule has 2 rings (SSSR count).